The Morgan fingerprint density at radius 2 is 2.44 bits per heavy atom. The molecule has 0 aliphatic rings. The molecule has 0 atom stereocenters. The Hall–Kier alpha value is -0.860. The van der Waals surface area contributed by atoms with Crippen LogP contribution in [0.5, 0.6) is 0 Å². The number of methoxy groups -OCH3 is 1. The van der Waals surface area contributed by atoms with Gasteiger partial charge in [-0.2, -0.15) is 0 Å². The summed E-state index contributed by atoms with van der Waals surface area (Å²) in [6, 6.07) is 0. The highest BCUT2D eigenvalue weighted by Gasteiger charge is 2.00. The van der Waals surface area contributed by atoms with Gasteiger partial charge in [0.15, 0.2) is 0 Å². The van der Waals surface area contributed by atoms with Crippen LogP contribution in [-0.2, 0) is 14.3 Å². The van der Waals surface area contributed by atoms with Crippen molar-refractivity contribution >= 4 is 11.8 Å². The van der Waals surface area contributed by atoms with Gasteiger partial charge in [0.1, 0.15) is 5.78 Å². The smallest absolute Gasteiger partial charge is 0.305 e. The molecular formula is C6H10O3. The third-order valence-corrected chi connectivity index (χ3v) is 0.621. The second-order valence-electron chi connectivity index (χ2n) is 1.26. The van der Waals surface area contributed by atoms with Crippen LogP contribution in [-0.4, -0.2) is 18.9 Å². The van der Waals surface area contributed by atoms with Gasteiger partial charge in [-0.05, 0) is 6.85 Å². The van der Waals surface area contributed by atoms with Crippen molar-refractivity contribution in [1.82, 2.24) is 0 Å². The van der Waals surface area contributed by atoms with E-state index in [1.54, 1.807) is 0 Å². The Kier molecular flexibility index (Phi) is 1.27. The predicted molar refractivity (Wildman–Crippen MR) is 31.9 cm³/mol. The summed E-state index contributed by atoms with van der Waals surface area (Å²) in [6.07, 6.45) is -3.60. The standard InChI is InChI=1S/C6H10O3/c1-5(7)3-4-6(8)9-2/h3-4H2,1-2H3/i1D3,3D2. The van der Waals surface area contributed by atoms with Crippen molar-refractivity contribution in [3.8, 4) is 0 Å². The molecule has 0 unspecified atom stereocenters. The van der Waals surface area contributed by atoms with Gasteiger partial charge in [0.25, 0.3) is 0 Å². The number of esters is 1. The van der Waals surface area contributed by atoms with Crippen LogP contribution in [0.25, 0.3) is 0 Å². The minimum absolute atomic E-state index is 0.888. The molecule has 0 aromatic rings. The van der Waals surface area contributed by atoms with Crippen molar-refractivity contribution in [3.63, 3.8) is 0 Å². The molecule has 0 radical (unpaired) electrons. The van der Waals surface area contributed by atoms with Crippen LogP contribution in [0.3, 0.4) is 0 Å². The number of hydrogen-bond acceptors (Lipinski definition) is 3. The van der Waals surface area contributed by atoms with E-state index in [-0.39, 0.29) is 0 Å². The van der Waals surface area contributed by atoms with Crippen molar-refractivity contribution in [1.29, 1.82) is 0 Å². The fourth-order valence-corrected chi connectivity index (χ4v) is 0.225. The maximum Gasteiger partial charge on any atom is 0.305 e. The average molecular weight is 135 g/mol. The van der Waals surface area contributed by atoms with Crippen LogP contribution in [0.2, 0.25) is 0 Å². The molecule has 0 spiro atoms. The molecule has 0 aliphatic carbocycles. The van der Waals surface area contributed by atoms with E-state index in [1.807, 2.05) is 0 Å². The number of Topliss-reactive ketones (excluding diaryl/α,β-unsaturated/α-hetero) is 1. The van der Waals surface area contributed by atoms with E-state index in [9.17, 15) is 9.59 Å². The summed E-state index contributed by atoms with van der Waals surface area (Å²) >= 11 is 0. The number of ketones is 1. The Bertz CT molecular complexity index is 244. The summed E-state index contributed by atoms with van der Waals surface area (Å²) in [7, 11) is 1.03. The quantitative estimate of drug-likeness (QED) is 0.530. The van der Waals surface area contributed by atoms with Crippen LogP contribution in [0.4, 0.5) is 0 Å². The van der Waals surface area contributed by atoms with Gasteiger partial charge < -0.3 is 9.53 Å². The second kappa shape index (κ2) is 4.06. The van der Waals surface area contributed by atoms with Crippen LogP contribution in [0.1, 0.15) is 26.5 Å². The Morgan fingerprint density at radius 1 is 1.78 bits per heavy atom. The van der Waals surface area contributed by atoms with Gasteiger partial charge in [-0.15, -0.1) is 0 Å². The van der Waals surface area contributed by atoms with E-state index in [4.69, 9.17) is 6.85 Å². The summed E-state index contributed by atoms with van der Waals surface area (Å²) in [5.74, 6) is -2.55. The lowest BCUT2D eigenvalue weighted by molar-refractivity contribution is -0.141. The normalized spacial score (nSPS) is 19.9. The Balaban J connectivity index is 4.63. The first-order chi connectivity index (χ1) is 6.11. The fourth-order valence-electron chi connectivity index (χ4n) is 0.225. The molecule has 0 saturated carbocycles. The van der Waals surface area contributed by atoms with Crippen LogP contribution >= 0.6 is 0 Å². The third-order valence-electron chi connectivity index (χ3n) is 0.621. The molecule has 3 heteroatoms. The zero-order valence-electron chi connectivity index (χ0n) is 9.93. The van der Waals surface area contributed by atoms with Crippen LogP contribution in [0.15, 0.2) is 0 Å². The lowest BCUT2D eigenvalue weighted by atomic mass is 10.2. The third kappa shape index (κ3) is 5.00. The van der Waals surface area contributed by atoms with Gasteiger partial charge in [-0.3, -0.25) is 4.79 Å². The molecule has 0 aliphatic heterocycles. The summed E-state index contributed by atoms with van der Waals surface area (Å²) < 4.78 is 38.3. The molecule has 0 heterocycles. The van der Waals surface area contributed by atoms with E-state index in [2.05, 4.69) is 4.74 Å². The highest BCUT2D eigenvalue weighted by molar-refractivity contribution is 5.80. The summed E-state index contributed by atoms with van der Waals surface area (Å²) in [4.78, 5) is 21.7. The maximum atomic E-state index is 11.0. The number of carbonyl (C=O) groups excluding carboxylic acids is 2. The van der Waals surface area contributed by atoms with Crippen LogP contribution in [0, 0.1) is 0 Å². The molecule has 0 amide bonds. The second-order valence-corrected chi connectivity index (χ2v) is 1.26. The molecule has 0 aromatic heterocycles. The molecule has 0 N–H and O–H groups in total. The summed E-state index contributed by atoms with van der Waals surface area (Å²) in [5, 5.41) is 0. The minimum Gasteiger partial charge on any atom is -0.469 e. The van der Waals surface area contributed by atoms with Gasteiger partial charge in [0, 0.05) is 13.2 Å². The van der Waals surface area contributed by atoms with E-state index in [1.165, 1.54) is 0 Å². The van der Waals surface area contributed by atoms with Gasteiger partial charge in [-0.1, -0.05) is 0 Å². The van der Waals surface area contributed by atoms with Gasteiger partial charge in [0.05, 0.1) is 13.5 Å². The summed E-state index contributed by atoms with van der Waals surface area (Å²) in [6.45, 7) is -3.04. The highest BCUT2D eigenvalue weighted by Crippen LogP contribution is 1.91. The lowest BCUT2D eigenvalue weighted by Gasteiger charge is -1.93. The van der Waals surface area contributed by atoms with E-state index in [0.717, 1.165) is 7.11 Å². The molecular weight excluding hydrogens is 120 g/mol. The van der Waals surface area contributed by atoms with Gasteiger partial charge in [-0.25, -0.2) is 0 Å². The Labute approximate surface area is 61.0 Å². The number of ether oxygens (including phenoxy) is 1. The molecule has 3 nitrogen and oxygen atoms in total. The average Bonchev–Trinajstić information content (AvgIpc) is 2.00. The van der Waals surface area contributed by atoms with E-state index in [0.29, 0.717) is 0 Å². The number of rotatable bonds is 3. The first kappa shape index (κ1) is 2.82. The van der Waals surface area contributed by atoms with Crippen molar-refractivity contribution in [3.05, 3.63) is 0 Å². The van der Waals surface area contributed by atoms with Crippen molar-refractivity contribution in [2.45, 2.75) is 19.6 Å². The number of carbonyl (C=O) groups is 2. The van der Waals surface area contributed by atoms with E-state index < -0.39 is 31.4 Å². The first-order valence-corrected chi connectivity index (χ1v) is 2.23. The minimum atomic E-state index is -3.04. The predicted octanol–water partition coefficient (Wildman–Crippen LogP) is 0.529. The summed E-state index contributed by atoms with van der Waals surface area (Å²) in [5.41, 5.74) is 0. The topological polar surface area (TPSA) is 43.4 Å². The highest BCUT2D eigenvalue weighted by atomic mass is 16.5. The van der Waals surface area contributed by atoms with Crippen molar-refractivity contribution in [2.75, 3.05) is 7.11 Å². The van der Waals surface area contributed by atoms with Crippen LogP contribution < -0.4 is 0 Å². The van der Waals surface area contributed by atoms with E-state index >= 15 is 0 Å². The Morgan fingerprint density at radius 3 is 2.89 bits per heavy atom. The zero-order valence-corrected chi connectivity index (χ0v) is 4.93. The van der Waals surface area contributed by atoms with Crippen molar-refractivity contribution < 1.29 is 21.2 Å². The SMILES string of the molecule is [2H]C([2H])([2H])C(=O)C([2H])([2H])CC(=O)OC. The molecule has 0 bridgehead atoms. The fraction of sp³-hybridized carbons (Fsp3) is 0.667. The van der Waals surface area contributed by atoms with Gasteiger partial charge in [0.2, 0.25) is 0 Å². The molecule has 52 valence electrons. The molecule has 0 saturated heterocycles. The zero-order chi connectivity index (χ0) is 11.6. The first-order valence-electron chi connectivity index (χ1n) is 4.73. The van der Waals surface area contributed by atoms with Gasteiger partial charge >= 0.3 is 5.97 Å². The largest absolute Gasteiger partial charge is 0.469 e. The maximum absolute atomic E-state index is 11.0. The molecule has 0 rings (SSSR count). The molecule has 9 heavy (non-hydrogen) atoms. The molecule has 0 aromatic carbocycles. The molecule has 0 fully saturated rings. The van der Waals surface area contributed by atoms with Crippen molar-refractivity contribution in [2.24, 2.45) is 0 Å². The monoisotopic (exact) mass is 135 g/mol. The number of hydrogen-bond donors (Lipinski definition) is 0. The lowest BCUT2D eigenvalue weighted by Crippen LogP contribution is -2.02.